The Morgan fingerprint density at radius 2 is 1.96 bits per heavy atom. The summed E-state index contributed by atoms with van der Waals surface area (Å²) in [5.41, 5.74) is 1.37. The summed E-state index contributed by atoms with van der Waals surface area (Å²) in [6, 6.07) is 12.8. The summed E-state index contributed by atoms with van der Waals surface area (Å²) in [5, 5.41) is 3.55. The van der Waals surface area contributed by atoms with E-state index in [0.29, 0.717) is 22.1 Å². The highest BCUT2D eigenvalue weighted by Crippen LogP contribution is 2.26. The minimum absolute atomic E-state index is 0.0948. The maximum atomic E-state index is 12.4. The van der Waals surface area contributed by atoms with Gasteiger partial charge in [0.05, 0.1) is 12.1 Å². The molecule has 0 radical (unpaired) electrons. The van der Waals surface area contributed by atoms with Crippen LogP contribution in [0.5, 0.6) is 11.5 Å². The second kappa shape index (κ2) is 9.33. The average Bonchev–Trinajstić information content (AvgIpc) is 2.61. The largest absolute Gasteiger partial charge is 0.496 e. The molecular weight excluding hydrogens is 338 g/mol. The summed E-state index contributed by atoms with van der Waals surface area (Å²) in [5.74, 6) is 1.17. The molecule has 0 fully saturated rings. The lowest BCUT2D eigenvalue weighted by molar-refractivity contribution is 0.0938. The van der Waals surface area contributed by atoms with Crippen LogP contribution in [-0.4, -0.2) is 19.1 Å². The Morgan fingerprint density at radius 1 is 1.20 bits per heavy atom. The lowest BCUT2D eigenvalue weighted by Gasteiger charge is -2.15. The molecule has 1 atom stereocenters. The fraction of sp³-hybridized carbons (Fsp3) is 0.350. The molecule has 0 saturated heterocycles. The van der Waals surface area contributed by atoms with Crippen LogP contribution in [0.3, 0.4) is 0 Å². The lowest BCUT2D eigenvalue weighted by atomic mass is 10.1. The van der Waals surface area contributed by atoms with Gasteiger partial charge in [0.15, 0.2) is 0 Å². The van der Waals surface area contributed by atoms with Crippen molar-refractivity contribution in [1.82, 2.24) is 5.32 Å². The van der Waals surface area contributed by atoms with Crippen molar-refractivity contribution in [2.75, 3.05) is 7.11 Å². The van der Waals surface area contributed by atoms with Crippen LogP contribution in [-0.2, 0) is 6.61 Å². The fourth-order valence-corrected chi connectivity index (χ4v) is 2.75. The van der Waals surface area contributed by atoms with Gasteiger partial charge in [-0.25, -0.2) is 0 Å². The molecule has 2 rings (SSSR count). The van der Waals surface area contributed by atoms with E-state index in [1.165, 1.54) is 0 Å². The molecule has 1 amide bonds. The maximum absolute atomic E-state index is 12.4. The first-order valence-corrected chi connectivity index (χ1v) is 8.78. The summed E-state index contributed by atoms with van der Waals surface area (Å²) in [6.45, 7) is 4.37. The van der Waals surface area contributed by atoms with Gasteiger partial charge < -0.3 is 14.8 Å². The molecule has 25 heavy (non-hydrogen) atoms. The van der Waals surface area contributed by atoms with Crippen LogP contribution in [0.4, 0.5) is 0 Å². The number of amides is 1. The second-order valence-corrected chi connectivity index (χ2v) is 6.32. The smallest absolute Gasteiger partial charge is 0.251 e. The van der Waals surface area contributed by atoms with Crippen molar-refractivity contribution in [2.45, 2.75) is 39.3 Å². The average molecular weight is 362 g/mol. The van der Waals surface area contributed by atoms with Gasteiger partial charge in [0.2, 0.25) is 0 Å². The van der Waals surface area contributed by atoms with Crippen molar-refractivity contribution < 1.29 is 14.3 Å². The summed E-state index contributed by atoms with van der Waals surface area (Å²) in [6.07, 6.45) is 1.98. The Balaban J connectivity index is 2.13. The monoisotopic (exact) mass is 361 g/mol. The van der Waals surface area contributed by atoms with E-state index in [1.807, 2.05) is 19.1 Å². The second-order valence-electron chi connectivity index (χ2n) is 5.91. The number of rotatable bonds is 8. The van der Waals surface area contributed by atoms with Gasteiger partial charge >= 0.3 is 0 Å². The number of halogens is 1. The number of ether oxygens (including phenoxy) is 2. The van der Waals surface area contributed by atoms with E-state index in [2.05, 4.69) is 12.2 Å². The lowest BCUT2D eigenvalue weighted by Crippen LogP contribution is -2.32. The molecule has 0 bridgehead atoms. The van der Waals surface area contributed by atoms with Crippen molar-refractivity contribution in [3.05, 3.63) is 58.6 Å². The van der Waals surface area contributed by atoms with Crippen molar-refractivity contribution in [3.63, 3.8) is 0 Å². The summed E-state index contributed by atoms with van der Waals surface area (Å²) >= 11 is 6.11. The van der Waals surface area contributed by atoms with E-state index < -0.39 is 0 Å². The van der Waals surface area contributed by atoms with Gasteiger partial charge in [-0.2, -0.15) is 0 Å². The highest BCUT2D eigenvalue weighted by molar-refractivity contribution is 6.32. The van der Waals surface area contributed by atoms with Gasteiger partial charge in [-0.05, 0) is 43.7 Å². The first kappa shape index (κ1) is 19.1. The predicted octanol–water partition coefficient (Wildman–Crippen LogP) is 4.85. The molecule has 4 nitrogen and oxygen atoms in total. The van der Waals surface area contributed by atoms with Crippen LogP contribution >= 0.6 is 11.6 Å². The van der Waals surface area contributed by atoms with Crippen molar-refractivity contribution in [2.24, 2.45) is 0 Å². The molecule has 2 aromatic rings. The van der Waals surface area contributed by atoms with Gasteiger partial charge in [0.25, 0.3) is 5.91 Å². The van der Waals surface area contributed by atoms with E-state index in [-0.39, 0.29) is 18.6 Å². The van der Waals surface area contributed by atoms with Gasteiger partial charge in [-0.15, -0.1) is 0 Å². The van der Waals surface area contributed by atoms with E-state index in [0.717, 1.165) is 18.4 Å². The summed E-state index contributed by atoms with van der Waals surface area (Å²) in [4.78, 5) is 12.4. The Bertz CT molecular complexity index is 718. The quantitative estimate of drug-likeness (QED) is 0.731. The molecule has 0 spiro atoms. The number of hydrogen-bond donors (Lipinski definition) is 1. The predicted molar refractivity (Wildman–Crippen MR) is 101 cm³/mol. The number of methoxy groups -OCH3 is 1. The number of para-hydroxylation sites is 1. The molecular formula is C20H24ClNO3. The Labute approximate surface area is 154 Å². The topological polar surface area (TPSA) is 47.6 Å². The number of carbonyl (C=O) groups excluding carboxylic acids is 1. The van der Waals surface area contributed by atoms with Crippen molar-refractivity contribution >= 4 is 17.5 Å². The molecule has 0 aliphatic rings. The number of hydrogen-bond acceptors (Lipinski definition) is 3. The highest BCUT2D eigenvalue weighted by atomic mass is 35.5. The molecule has 0 saturated carbocycles. The van der Waals surface area contributed by atoms with E-state index in [1.54, 1.807) is 37.4 Å². The first-order chi connectivity index (χ1) is 12.0. The zero-order chi connectivity index (χ0) is 18.2. The minimum atomic E-state index is -0.0948. The van der Waals surface area contributed by atoms with E-state index >= 15 is 0 Å². The Hall–Kier alpha value is -2.20. The molecule has 0 aliphatic heterocycles. The van der Waals surface area contributed by atoms with Crippen molar-refractivity contribution in [1.29, 1.82) is 0 Å². The summed E-state index contributed by atoms with van der Waals surface area (Å²) in [7, 11) is 1.59. The molecule has 0 aliphatic carbocycles. The third-order valence-electron chi connectivity index (χ3n) is 3.86. The van der Waals surface area contributed by atoms with Crippen LogP contribution in [0.25, 0.3) is 0 Å². The standard InChI is InChI=1S/C20H24ClNO3/c1-4-7-14(2)22-20(23)15-10-11-18(24-3)16(12-15)13-25-19-9-6-5-8-17(19)21/h5-6,8-12,14H,4,7,13H2,1-3H3,(H,22,23). The Kier molecular flexibility index (Phi) is 7.14. The van der Waals surface area contributed by atoms with Crippen LogP contribution in [0.1, 0.15) is 42.6 Å². The minimum Gasteiger partial charge on any atom is -0.496 e. The number of benzene rings is 2. The highest BCUT2D eigenvalue weighted by Gasteiger charge is 2.13. The van der Waals surface area contributed by atoms with Crippen LogP contribution in [0.2, 0.25) is 5.02 Å². The molecule has 1 N–H and O–H groups in total. The first-order valence-electron chi connectivity index (χ1n) is 8.40. The molecule has 0 aromatic heterocycles. The normalized spacial score (nSPS) is 11.7. The van der Waals surface area contributed by atoms with Gasteiger partial charge in [-0.3, -0.25) is 4.79 Å². The third-order valence-corrected chi connectivity index (χ3v) is 4.17. The fourth-order valence-electron chi connectivity index (χ4n) is 2.56. The third kappa shape index (κ3) is 5.40. The zero-order valence-electron chi connectivity index (χ0n) is 14.8. The zero-order valence-corrected chi connectivity index (χ0v) is 15.6. The molecule has 1 unspecified atom stereocenters. The van der Waals surface area contributed by atoms with Gasteiger partial charge in [-0.1, -0.05) is 37.1 Å². The van der Waals surface area contributed by atoms with Crippen molar-refractivity contribution in [3.8, 4) is 11.5 Å². The number of nitrogens with one attached hydrogen (secondary N) is 1. The van der Waals surface area contributed by atoms with Crippen LogP contribution in [0.15, 0.2) is 42.5 Å². The summed E-state index contributed by atoms with van der Waals surface area (Å²) < 4.78 is 11.1. The molecule has 0 heterocycles. The van der Waals surface area contributed by atoms with Crippen LogP contribution in [0, 0.1) is 0 Å². The van der Waals surface area contributed by atoms with E-state index in [9.17, 15) is 4.79 Å². The maximum Gasteiger partial charge on any atom is 0.251 e. The number of carbonyl (C=O) groups is 1. The molecule has 5 heteroatoms. The molecule has 2 aromatic carbocycles. The SMILES string of the molecule is CCCC(C)NC(=O)c1ccc(OC)c(COc2ccccc2Cl)c1. The van der Waals surface area contributed by atoms with Crippen LogP contribution < -0.4 is 14.8 Å². The van der Waals surface area contributed by atoms with E-state index in [4.69, 9.17) is 21.1 Å². The Morgan fingerprint density at radius 3 is 2.64 bits per heavy atom. The van der Waals surface area contributed by atoms with Gasteiger partial charge in [0.1, 0.15) is 18.1 Å². The molecule has 134 valence electrons. The van der Waals surface area contributed by atoms with Gasteiger partial charge in [0, 0.05) is 17.2 Å².